The molecule has 16 heteroatoms. The average molecular weight is 717 g/mol. The van der Waals surface area contributed by atoms with Crippen LogP contribution in [-0.2, 0) is 22.5 Å². The second kappa shape index (κ2) is 12.2. The van der Waals surface area contributed by atoms with Crippen LogP contribution in [0.1, 0.15) is 56.5 Å². The summed E-state index contributed by atoms with van der Waals surface area (Å²) in [6, 6.07) is 9.17. The molecule has 5 aromatic carbocycles. The summed E-state index contributed by atoms with van der Waals surface area (Å²) in [6.07, 6.45) is -6.22. The van der Waals surface area contributed by atoms with Crippen LogP contribution in [-0.4, -0.2) is 68.2 Å². The molecule has 0 saturated heterocycles. The van der Waals surface area contributed by atoms with Crippen LogP contribution in [0.2, 0.25) is 0 Å². The molecule has 0 aromatic heterocycles. The molecule has 4 atom stereocenters. The lowest BCUT2D eigenvalue weighted by atomic mass is 9.89. The number of aliphatic hydroxyl groups is 1. The Labute approximate surface area is 290 Å². The lowest BCUT2D eigenvalue weighted by molar-refractivity contribution is -0.0777. The van der Waals surface area contributed by atoms with E-state index in [4.69, 9.17) is 14.2 Å². The molecule has 0 bridgehead atoms. The third-order valence-corrected chi connectivity index (χ3v) is 8.99. The number of carbonyl (C=O) groups excluding carboxylic acids is 1. The number of rotatable bonds is 4. The molecule has 268 valence electrons. The average Bonchev–Trinajstić information content (AvgIpc) is 3.20. The molecule has 0 aliphatic carbocycles. The Morgan fingerprint density at radius 3 is 2.06 bits per heavy atom. The number of hydrogen-bond acceptors (Lipinski definition) is 16. The Morgan fingerprint density at radius 2 is 1.35 bits per heavy atom. The van der Waals surface area contributed by atoms with Crippen molar-refractivity contribution in [3.05, 3.63) is 98.2 Å². The number of fused-ring (bicyclic) bond motifs is 3. The monoisotopic (exact) mass is 716 g/mol. The van der Waals surface area contributed by atoms with Crippen LogP contribution in [0.15, 0.2) is 59.4 Å². The number of hydrogen-bond donors (Lipinski definition) is 11. The number of benzene rings is 4. The van der Waals surface area contributed by atoms with Crippen molar-refractivity contribution in [3.63, 3.8) is 0 Å². The van der Waals surface area contributed by atoms with Crippen molar-refractivity contribution in [2.24, 2.45) is 0 Å². The summed E-state index contributed by atoms with van der Waals surface area (Å²) in [5.41, 5.74) is -1.62. The predicted octanol–water partition coefficient (Wildman–Crippen LogP) is 3.46. The van der Waals surface area contributed by atoms with Gasteiger partial charge in [-0.25, -0.2) is 4.79 Å². The zero-order valence-electron chi connectivity index (χ0n) is 26.4. The number of phenolic OH excluding ortho intramolecular Hbond substituents is 9. The van der Waals surface area contributed by atoms with E-state index in [1.54, 1.807) is 0 Å². The van der Waals surface area contributed by atoms with Gasteiger partial charge in [-0.2, -0.15) is 0 Å². The molecule has 2 heterocycles. The first-order valence-corrected chi connectivity index (χ1v) is 15.4. The fraction of sp³-hybridized carbons (Fsp3) is 0.167. The summed E-state index contributed by atoms with van der Waals surface area (Å²) in [5.74, 6) is -8.28. The van der Waals surface area contributed by atoms with Gasteiger partial charge in [-0.1, -0.05) is 0 Å². The second-order valence-corrected chi connectivity index (χ2v) is 12.3. The Balaban J connectivity index is 1.42. The summed E-state index contributed by atoms with van der Waals surface area (Å²) >= 11 is 0. The van der Waals surface area contributed by atoms with Gasteiger partial charge in [-0.3, -0.25) is 4.79 Å². The number of carbonyl (C=O) groups is 1. The van der Waals surface area contributed by atoms with Crippen molar-refractivity contribution in [1.82, 2.24) is 0 Å². The van der Waals surface area contributed by atoms with Crippen LogP contribution in [0.25, 0.3) is 10.8 Å². The molecule has 0 amide bonds. The van der Waals surface area contributed by atoms with Crippen LogP contribution in [0, 0.1) is 0 Å². The Morgan fingerprint density at radius 1 is 0.692 bits per heavy atom. The van der Waals surface area contributed by atoms with E-state index in [1.165, 1.54) is 18.2 Å². The molecule has 0 radical (unpaired) electrons. The molecule has 0 spiro atoms. The Hall–Kier alpha value is -6.78. The van der Waals surface area contributed by atoms with Crippen molar-refractivity contribution in [2.75, 3.05) is 0 Å². The molecule has 16 nitrogen and oxygen atoms in total. The maximum absolute atomic E-state index is 13.6. The van der Waals surface area contributed by atoms with Gasteiger partial charge in [0, 0.05) is 41.3 Å². The van der Waals surface area contributed by atoms with Crippen molar-refractivity contribution in [3.8, 4) is 63.2 Å². The molecule has 52 heavy (non-hydrogen) atoms. The normalized spacial score (nSPS) is 19.3. The lowest BCUT2D eigenvalue weighted by Crippen LogP contribution is -2.30. The van der Waals surface area contributed by atoms with E-state index < -0.39 is 87.0 Å². The van der Waals surface area contributed by atoms with Crippen LogP contribution >= 0.6 is 0 Å². The van der Waals surface area contributed by atoms with Crippen molar-refractivity contribution in [2.45, 2.75) is 37.4 Å². The summed E-state index contributed by atoms with van der Waals surface area (Å²) in [7, 11) is 0. The minimum atomic E-state index is -1.65. The molecule has 2 aliphatic rings. The zero-order valence-corrected chi connectivity index (χ0v) is 26.4. The number of phenols is 9. The summed E-state index contributed by atoms with van der Waals surface area (Å²) in [6.45, 7) is -0.328. The van der Waals surface area contributed by atoms with Gasteiger partial charge in [-0.15, -0.1) is 0 Å². The highest BCUT2D eigenvalue weighted by Gasteiger charge is 2.40. The van der Waals surface area contributed by atoms with E-state index >= 15 is 0 Å². The molecule has 0 fully saturated rings. The van der Waals surface area contributed by atoms with Gasteiger partial charge in [0.1, 0.15) is 34.9 Å². The van der Waals surface area contributed by atoms with E-state index in [0.29, 0.717) is 0 Å². The molecule has 7 rings (SSSR count). The Bertz CT molecular complexity index is 2370. The molecule has 5 aromatic rings. The fourth-order valence-electron chi connectivity index (χ4n) is 6.61. The van der Waals surface area contributed by atoms with Crippen LogP contribution in [0.5, 0.6) is 63.2 Å². The molecule has 0 saturated carbocycles. The van der Waals surface area contributed by atoms with Crippen molar-refractivity contribution < 1.29 is 75.2 Å². The topological polar surface area (TPSA) is 284 Å². The van der Waals surface area contributed by atoms with E-state index in [-0.39, 0.29) is 69.2 Å². The third kappa shape index (κ3) is 5.51. The maximum atomic E-state index is 13.6. The van der Waals surface area contributed by atoms with E-state index in [1.807, 2.05) is 0 Å². The quantitative estimate of drug-likeness (QED) is 0.0938. The van der Waals surface area contributed by atoms with Crippen molar-refractivity contribution in [1.29, 1.82) is 0 Å². The van der Waals surface area contributed by atoms with Gasteiger partial charge >= 0.3 is 5.97 Å². The predicted molar refractivity (Wildman–Crippen MR) is 175 cm³/mol. The minimum Gasteiger partial charge on any atom is -0.508 e. The first-order chi connectivity index (χ1) is 24.6. The van der Waals surface area contributed by atoms with Crippen LogP contribution in [0.3, 0.4) is 0 Å². The largest absolute Gasteiger partial charge is 0.508 e. The van der Waals surface area contributed by atoms with Gasteiger partial charge < -0.3 is 70.4 Å². The van der Waals surface area contributed by atoms with Crippen molar-refractivity contribution >= 4 is 16.7 Å². The fourth-order valence-corrected chi connectivity index (χ4v) is 6.61. The first-order valence-electron chi connectivity index (χ1n) is 15.4. The highest BCUT2D eigenvalue weighted by Crippen LogP contribution is 2.50. The van der Waals surface area contributed by atoms with Gasteiger partial charge in [-0.05, 0) is 52.9 Å². The standard InChI is InChI=1S/C36H28O16/c37-15-1-14-11-50-33(35(28(14)21(40)7-15)52-36(49)13-4-22(41)30(46)23(42)5-13)12-2-17-18(9-25(44)32(48)29(17)31(47)24(43)3-12)34-26(45)10-19-20(39)6-16(38)8-27(19)51-34/h1-9,26,33-35,37-42,44-46,48H,10-11H2,(H,43,47)/t26-,33+,34-,35+/m0/s1. The minimum absolute atomic E-state index is 0.0385. The molecule has 11 N–H and O–H groups in total. The summed E-state index contributed by atoms with van der Waals surface area (Å²) in [4.78, 5) is 27.1. The first kappa shape index (κ1) is 33.7. The lowest BCUT2D eigenvalue weighted by Gasteiger charge is -2.34. The van der Waals surface area contributed by atoms with E-state index in [2.05, 4.69) is 0 Å². The number of ether oxygens (including phenoxy) is 3. The van der Waals surface area contributed by atoms with E-state index in [9.17, 15) is 65.8 Å². The van der Waals surface area contributed by atoms with Gasteiger partial charge in [0.05, 0.1) is 23.7 Å². The summed E-state index contributed by atoms with van der Waals surface area (Å²) < 4.78 is 17.7. The Kier molecular flexibility index (Phi) is 7.92. The van der Waals surface area contributed by atoms with Gasteiger partial charge in [0.15, 0.2) is 46.7 Å². The number of esters is 1. The third-order valence-electron chi connectivity index (χ3n) is 8.99. The smallest absolute Gasteiger partial charge is 0.339 e. The SMILES string of the molecule is O=C(O[C@@H]1c2c(O)cc(O)cc2CO[C@@H]1c1cc(O)c(=O)c2c(O)c(O)cc([C@@H]3Oc4cc(O)cc(O)c4C[C@@H]3O)c2c1)c1cc(O)c(O)c(O)c1. The van der Waals surface area contributed by atoms with Crippen LogP contribution < -0.4 is 10.2 Å². The molecular weight excluding hydrogens is 688 g/mol. The van der Waals surface area contributed by atoms with Gasteiger partial charge in [0.25, 0.3) is 0 Å². The van der Waals surface area contributed by atoms with Gasteiger partial charge in [0.2, 0.25) is 5.43 Å². The second-order valence-electron chi connectivity index (χ2n) is 12.3. The molecule has 0 unspecified atom stereocenters. The zero-order chi connectivity index (χ0) is 37.3. The number of aromatic hydroxyl groups is 10. The van der Waals surface area contributed by atoms with Crippen LogP contribution in [0.4, 0.5) is 0 Å². The maximum Gasteiger partial charge on any atom is 0.339 e. The number of aliphatic hydroxyl groups excluding tert-OH is 1. The molecule has 2 aliphatic heterocycles. The highest BCUT2D eigenvalue weighted by molar-refractivity contribution is 5.94. The van der Waals surface area contributed by atoms with E-state index in [0.717, 1.165) is 36.4 Å². The molecular formula is C36H28O16. The summed E-state index contributed by atoms with van der Waals surface area (Å²) in [5, 5.41) is 114. The highest BCUT2D eigenvalue weighted by atomic mass is 16.6.